The molecule has 1 aliphatic heterocycles. The highest BCUT2D eigenvalue weighted by atomic mass is 32.1. The van der Waals surface area contributed by atoms with E-state index < -0.39 is 0 Å². The van der Waals surface area contributed by atoms with Crippen molar-refractivity contribution >= 4 is 34.0 Å². The first-order valence-corrected chi connectivity index (χ1v) is 9.82. The van der Waals surface area contributed by atoms with Crippen molar-refractivity contribution in [3.05, 3.63) is 47.0 Å². The van der Waals surface area contributed by atoms with Gasteiger partial charge >= 0.3 is 0 Å². The molecule has 4 heterocycles. The zero-order chi connectivity index (χ0) is 19.5. The average Bonchev–Trinajstić information content (AvgIpc) is 3.20. The van der Waals surface area contributed by atoms with Crippen molar-refractivity contribution in [2.24, 2.45) is 0 Å². The molecule has 9 nitrogen and oxygen atoms in total. The number of rotatable bonds is 4. The Morgan fingerprint density at radius 2 is 1.82 bits per heavy atom. The summed E-state index contributed by atoms with van der Waals surface area (Å²) in [6.07, 6.45) is 1.59. The number of nitrogens with zero attached hydrogens (tertiary/aromatic N) is 7. The lowest BCUT2D eigenvalue weighted by Gasteiger charge is -2.36. The highest BCUT2D eigenvalue weighted by molar-refractivity contribution is 7.13. The van der Waals surface area contributed by atoms with Gasteiger partial charge in [-0.3, -0.25) is 10.1 Å². The van der Waals surface area contributed by atoms with E-state index in [2.05, 4.69) is 40.3 Å². The van der Waals surface area contributed by atoms with E-state index in [9.17, 15) is 4.79 Å². The van der Waals surface area contributed by atoms with Gasteiger partial charge in [0, 0.05) is 44.1 Å². The number of amides is 1. The highest BCUT2D eigenvalue weighted by Gasteiger charge is 2.20. The molecular formula is C18H20N8OS. The van der Waals surface area contributed by atoms with Crippen molar-refractivity contribution in [1.29, 1.82) is 0 Å². The summed E-state index contributed by atoms with van der Waals surface area (Å²) in [5, 5.41) is 10.7. The van der Waals surface area contributed by atoms with Crippen LogP contribution in [0.2, 0.25) is 0 Å². The summed E-state index contributed by atoms with van der Waals surface area (Å²) < 4.78 is 0. The molecule has 1 N–H and O–H groups in total. The number of piperazine rings is 1. The maximum Gasteiger partial charge on any atom is 0.259 e. The van der Waals surface area contributed by atoms with E-state index >= 15 is 0 Å². The van der Waals surface area contributed by atoms with Gasteiger partial charge in [-0.1, -0.05) is 11.3 Å². The second-order valence-corrected chi connectivity index (χ2v) is 7.33. The van der Waals surface area contributed by atoms with Gasteiger partial charge in [-0.2, -0.15) is 0 Å². The van der Waals surface area contributed by atoms with Crippen LogP contribution in [0.3, 0.4) is 0 Å². The summed E-state index contributed by atoms with van der Waals surface area (Å²) in [6, 6.07) is 5.68. The van der Waals surface area contributed by atoms with Crippen LogP contribution >= 0.6 is 11.3 Å². The maximum atomic E-state index is 12.2. The fraction of sp³-hybridized carbons (Fsp3) is 0.333. The number of pyridine rings is 1. The minimum absolute atomic E-state index is 0.241. The molecule has 1 fully saturated rings. The van der Waals surface area contributed by atoms with Crippen LogP contribution in [0.1, 0.15) is 21.9 Å². The van der Waals surface area contributed by atoms with Gasteiger partial charge in [0.2, 0.25) is 5.13 Å². The van der Waals surface area contributed by atoms with E-state index in [1.54, 1.807) is 17.8 Å². The molecule has 10 heteroatoms. The molecule has 3 aromatic rings. The molecule has 144 valence electrons. The normalized spacial score (nSPS) is 14.2. The number of hydrogen-bond acceptors (Lipinski definition) is 9. The minimum atomic E-state index is -0.241. The van der Waals surface area contributed by atoms with Crippen LogP contribution < -0.4 is 15.1 Å². The smallest absolute Gasteiger partial charge is 0.259 e. The summed E-state index contributed by atoms with van der Waals surface area (Å²) in [6.45, 7) is 7.30. The van der Waals surface area contributed by atoms with Gasteiger partial charge in [0.1, 0.15) is 23.0 Å². The predicted octanol–water partition coefficient (Wildman–Crippen LogP) is 1.92. The summed E-state index contributed by atoms with van der Waals surface area (Å²) in [5.41, 5.74) is 3.04. The number of carbonyl (C=O) groups excluding carboxylic acids is 1. The number of nitrogens with one attached hydrogen (secondary N) is 1. The summed E-state index contributed by atoms with van der Waals surface area (Å²) in [7, 11) is 0. The van der Waals surface area contributed by atoms with Crippen LogP contribution in [0, 0.1) is 13.8 Å². The molecule has 4 rings (SSSR count). The van der Waals surface area contributed by atoms with Crippen molar-refractivity contribution in [2.75, 3.05) is 41.3 Å². The van der Waals surface area contributed by atoms with E-state index in [0.717, 1.165) is 49.3 Å². The van der Waals surface area contributed by atoms with Gasteiger partial charge < -0.3 is 9.80 Å². The molecule has 1 saturated heterocycles. The zero-order valence-corrected chi connectivity index (χ0v) is 16.5. The lowest BCUT2D eigenvalue weighted by atomic mass is 10.2. The Bertz CT molecular complexity index is 932. The molecule has 0 atom stereocenters. The third kappa shape index (κ3) is 4.06. The van der Waals surface area contributed by atoms with E-state index in [-0.39, 0.29) is 5.91 Å². The van der Waals surface area contributed by atoms with E-state index in [1.165, 1.54) is 11.3 Å². The van der Waals surface area contributed by atoms with Crippen LogP contribution in [-0.4, -0.2) is 57.2 Å². The molecule has 0 saturated carbocycles. The SMILES string of the molecule is Cc1cc(N2CCN(c3ccc(C(=O)Nc4nncs4)cn3)CC2)nc(C)n1. The van der Waals surface area contributed by atoms with Crippen LogP contribution in [0.15, 0.2) is 29.9 Å². The van der Waals surface area contributed by atoms with Gasteiger partial charge in [-0.15, -0.1) is 10.2 Å². The van der Waals surface area contributed by atoms with Gasteiger partial charge in [-0.05, 0) is 26.0 Å². The molecule has 1 aliphatic rings. The fourth-order valence-electron chi connectivity index (χ4n) is 3.13. The zero-order valence-electron chi connectivity index (χ0n) is 15.7. The standard InChI is InChI=1S/C18H20N8OS/c1-12-9-16(22-13(2)21-12)26-7-5-25(6-8-26)15-4-3-14(10-19-15)17(27)23-18-24-20-11-28-18/h3-4,9-11H,5-8H2,1-2H3,(H,23,24,27). The van der Waals surface area contributed by atoms with Gasteiger partial charge in [-0.25, -0.2) is 15.0 Å². The highest BCUT2D eigenvalue weighted by Crippen LogP contribution is 2.19. The second kappa shape index (κ2) is 7.85. The summed E-state index contributed by atoms with van der Waals surface area (Å²) in [4.78, 5) is 30.0. The molecule has 3 aromatic heterocycles. The van der Waals surface area contributed by atoms with Crippen LogP contribution in [0.4, 0.5) is 16.8 Å². The molecule has 0 unspecified atom stereocenters. The molecule has 0 radical (unpaired) electrons. The van der Waals surface area contributed by atoms with Crippen molar-refractivity contribution in [2.45, 2.75) is 13.8 Å². The van der Waals surface area contributed by atoms with Crippen molar-refractivity contribution in [3.8, 4) is 0 Å². The number of aryl methyl sites for hydroxylation is 2. The third-order valence-corrected chi connectivity index (χ3v) is 5.08. The minimum Gasteiger partial charge on any atom is -0.353 e. The summed E-state index contributed by atoms with van der Waals surface area (Å²) >= 11 is 1.28. The van der Waals surface area contributed by atoms with Gasteiger partial charge in [0.05, 0.1) is 5.56 Å². The first-order chi connectivity index (χ1) is 13.6. The Kier molecular flexibility index (Phi) is 5.11. The van der Waals surface area contributed by atoms with Crippen molar-refractivity contribution in [3.63, 3.8) is 0 Å². The molecule has 1 amide bonds. The van der Waals surface area contributed by atoms with Crippen LogP contribution in [0.5, 0.6) is 0 Å². The Labute approximate surface area is 166 Å². The van der Waals surface area contributed by atoms with Crippen LogP contribution in [0.25, 0.3) is 0 Å². The van der Waals surface area contributed by atoms with Gasteiger partial charge in [0.25, 0.3) is 5.91 Å². The number of aromatic nitrogens is 5. The quantitative estimate of drug-likeness (QED) is 0.714. The molecule has 0 aromatic carbocycles. The molecule has 0 aliphatic carbocycles. The number of carbonyl (C=O) groups is 1. The average molecular weight is 396 g/mol. The van der Waals surface area contributed by atoms with Crippen LogP contribution in [-0.2, 0) is 0 Å². The molecular weight excluding hydrogens is 376 g/mol. The third-order valence-electron chi connectivity index (χ3n) is 4.47. The Morgan fingerprint density at radius 1 is 1.07 bits per heavy atom. The molecule has 0 bridgehead atoms. The second-order valence-electron chi connectivity index (χ2n) is 6.49. The van der Waals surface area contributed by atoms with E-state index in [4.69, 9.17) is 0 Å². The monoisotopic (exact) mass is 396 g/mol. The molecule has 0 spiro atoms. The predicted molar refractivity (Wildman–Crippen MR) is 108 cm³/mol. The van der Waals surface area contributed by atoms with Crippen molar-refractivity contribution in [1.82, 2.24) is 25.1 Å². The first kappa shape index (κ1) is 18.2. The Hall–Kier alpha value is -3.14. The first-order valence-electron chi connectivity index (χ1n) is 8.94. The molecule has 28 heavy (non-hydrogen) atoms. The maximum absolute atomic E-state index is 12.2. The van der Waals surface area contributed by atoms with E-state index in [0.29, 0.717) is 10.7 Å². The largest absolute Gasteiger partial charge is 0.353 e. The number of hydrogen-bond donors (Lipinski definition) is 1. The van der Waals surface area contributed by atoms with Crippen molar-refractivity contribution < 1.29 is 4.79 Å². The Morgan fingerprint density at radius 3 is 2.43 bits per heavy atom. The number of anilines is 3. The lowest BCUT2D eigenvalue weighted by molar-refractivity contribution is 0.102. The van der Waals surface area contributed by atoms with Gasteiger partial charge in [0.15, 0.2) is 0 Å². The topological polar surface area (TPSA) is 100 Å². The van der Waals surface area contributed by atoms with E-state index in [1.807, 2.05) is 26.0 Å². The Balaban J connectivity index is 1.37. The fourth-order valence-corrected chi connectivity index (χ4v) is 3.57. The summed E-state index contributed by atoms with van der Waals surface area (Å²) in [5.74, 6) is 2.39. The lowest BCUT2D eigenvalue weighted by Crippen LogP contribution is -2.47.